The second-order valence-corrected chi connectivity index (χ2v) is 10.8. The summed E-state index contributed by atoms with van der Waals surface area (Å²) in [7, 11) is -3.35. The molecular weight excluding hydrogens is 583 g/mol. The number of esters is 1. The largest absolute Gasteiger partial charge is 0.566 e. The Hall–Kier alpha value is -3.79. The molecule has 1 heterocycles. The Labute approximate surface area is 257 Å². The Morgan fingerprint density at radius 2 is 1.14 bits per heavy atom. The predicted octanol–water partition coefficient (Wildman–Crippen LogP) is 5.36. The molecule has 10 heteroatoms. The number of carbonyl (C=O) groups is 1. The molecule has 1 aliphatic rings. The summed E-state index contributed by atoms with van der Waals surface area (Å²) in [5.74, 6) is -0.631. The highest BCUT2D eigenvalue weighted by molar-refractivity contribution is 7.30. The van der Waals surface area contributed by atoms with Gasteiger partial charge in [0, 0.05) is 0 Å². The Bertz CT molecular complexity index is 1440. The molecule has 228 valence electrons. The monoisotopic (exact) mass is 616 g/mol. The Morgan fingerprint density at radius 1 is 0.659 bits per heavy atom. The van der Waals surface area contributed by atoms with Crippen LogP contribution >= 0.6 is 8.25 Å². The molecule has 1 fully saturated rings. The summed E-state index contributed by atoms with van der Waals surface area (Å²) < 4.78 is 48.0. The standard InChI is InChI=1S/C34H33O9P/c35-33(28-19-11-4-12-20-28)42-31-30(39-22-26-15-7-2-8-16-26)29(24-38-21-25-13-5-1-6-14-25)41-34(43-44(36)37)32(31)40-23-27-17-9-3-10-18-27/h1-20,29-32,34H,21-24H2/t29-,30-,31+,32-,34?/m1/s1. The third-order valence-electron chi connectivity index (χ3n) is 7.00. The molecule has 0 spiro atoms. The summed E-state index contributed by atoms with van der Waals surface area (Å²) in [6.07, 6.45) is -5.53. The van der Waals surface area contributed by atoms with Crippen LogP contribution in [0.2, 0.25) is 0 Å². The number of rotatable bonds is 14. The SMILES string of the molecule is O=C(O[C@H]1[C@H](OCc2ccccc2)[C@@H](COCc2ccccc2)OC(O[P+](=O)[O-])[C@@H]1OCc1ccccc1)c1ccccc1. The van der Waals surface area contributed by atoms with E-state index in [-0.39, 0.29) is 26.4 Å². The van der Waals surface area contributed by atoms with Crippen molar-refractivity contribution in [2.45, 2.75) is 50.5 Å². The first-order valence-corrected chi connectivity index (χ1v) is 15.3. The molecule has 4 aromatic rings. The average Bonchev–Trinajstić information content (AvgIpc) is 3.05. The smallest absolute Gasteiger partial charge is 0.491 e. The second kappa shape index (κ2) is 16.3. The number of hydrogen-bond donors (Lipinski definition) is 0. The van der Waals surface area contributed by atoms with Gasteiger partial charge in [-0.15, -0.1) is 4.52 Å². The van der Waals surface area contributed by atoms with E-state index < -0.39 is 44.9 Å². The van der Waals surface area contributed by atoms with E-state index in [0.29, 0.717) is 5.56 Å². The van der Waals surface area contributed by atoms with Crippen molar-refractivity contribution in [3.05, 3.63) is 144 Å². The van der Waals surface area contributed by atoms with Gasteiger partial charge in [-0.2, -0.15) is 0 Å². The summed E-state index contributed by atoms with van der Waals surface area (Å²) in [4.78, 5) is 25.3. The van der Waals surface area contributed by atoms with E-state index in [1.54, 1.807) is 30.3 Å². The van der Waals surface area contributed by atoms with Crippen LogP contribution in [0.3, 0.4) is 0 Å². The van der Waals surface area contributed by atoms with Gasteiger partial charge in [-0.05, 0) is 33.4 Å². The van der Waals surface area contributed by atoms with E-state index in [0.717, 1.165) is 16.7 Å². The first-order chi connectivity index (χ1) is 21.6. The lowest BCUT2D eigenvalue weighted by atomic mass is 9.98. The maximum atomic E-state index is 13.4. The van der Waals surface area contributed by atoms with Crippen LogP contribution in [0.1, 0.15) is 27.0 Å². The number of carbonyl (C=O) groups excluding carboxylic acids is 1. The minimum atomic E-state index is -3.35. The van der Waals surface area contributed by atoms with Gasteiger partial charge in [0.25, 0.3) is 0 Å². The van der Waals surface area contributed by atoms with Crippen LogP contribution in [0.5, 0.6) is 0 Å². The van der Waals surface area contributed by atoms with Crippen molar-refractivity contribution >= 4 is 14.2 Å². The minimum Gasteiger partial charge on any atom is -0.566 e. The zero-order chi connectivity index (χ0) is 30.6. The third kappa shape index (κ3) is 9.11. The van der Waals surface area contributed by atoms with Crippen molar-refractivity contribution in [3.8, 4) is 0 Å². The normalized spacial score (nSPS) is 21.8. The summed E-state index contributed by atoms with van der Waals surface area (Å²) in [6.45, 7) is 0.505. The molecule has 5 rings (SSSR count). The summed E-state index contributed by atoms with van der Waals surface area (Å²) >= 11 is 0. The molecule has 6 atom stereocenters. The maximum absolute atomic E-state index is 13.4. The zero-order valence-corrected chi connectivity index (χ0v) is 24.8. The lowest BCUT2D eigenvalue weighted by Crippen LogP contribution is -2.62. The fourth-order valence-corrected chi connectivity index (χ4v) is 5.20. The molecule has 1 aliphatic heterocycles. The highest BCUT2D eigenvalue weighted by Gasteiger charge is 2.52. The van der Waals surface area contributed by atoms with Crippen LogP contribution in [0, 0.1) is 0 Å². The van der Waals surface area contributed by atoms with Gasteiger partial charge >= 0.3 is 14.2 Å². The van der Waals surface area contributed by atoms with E-state index in [2.05, 4.69) is 0 Å². The molecule has 0 N–H and O–H groups in total. The molecule has 0 aromatic heterocycles. The van der Waals surface area contributed by atoms with E-state index in [4.69, 9.17) is 28.2 Å². The van der Waals surface area contributed by atoms with E-state index >= 15 is 0 Å². The zero-order valence-electron chi connectivity index (χ0n) is 23.9. The van der Waals surface area contributed by atoms with Gasteiger partial charge in [0.2, 0.25) is 6.29 Å². The molecule has 0 aliphatic carbocycles. The second-order valence-electron chi connectivity index (χ2n) is 10.1. The predicted molar refractivity (Wildman–Crippen MR) is 159 cm³/mol. The molecule has 4 aromatic carbocycles. The topological polar surface area (TPSA) is 113 Å². The van der Waals surface area contributed by atoms with Crippen molar-refractivity contribution in [3.63, 3.8) is 0 Å². The molecule has 0 saturated carbocycles. The van der Waals surface area contributed by atoms with Crippen LogP contribution in [0.15, 0.2) is 121 Å². The number of hydrogen-bond acceptors (Lipinski definition) is 9. The Balaban J connectivity index is 1.46. The van der Waals surface area contributed by atoms with Gasteiger partial charge < -0.3 is 28.6 Å². The Morgan fingerprint density at radius 3 is 1.66 bits per heavy atom. The van der Waals surface area contributed by atoms with Gasteiger partial charge in [-0.1, -0.05) is 109 Å². The molecule has 1 saturated heterocycles. The first-order valence-electron chi connectivity index (χ1n) is 14.2. The van der Waals surface area contributed by atoms with Crippen molar-refractivity contribution in [1.82, 2.24) is 0 Å². The number of benzene rings is 4. The van der Waals surface area contributed by atoms with E-state index in [1.165, 1.54) is 0 Å². The minimum absolute atomic E-state index is 0.00531. The highest BCUT2D eigenvalue weighted by Crippen LogP contribution is 2.34. The fraction of sp³-hybridized carbons (Fsp3) is 0.265. The van der Waals surface area contributed by atoms with E-state index in [1.807, 2.05) is 91.0 Å². The Kier molecular flexibility index (Phi) is 11.7. The van der Waals surface area contributed by atoms with Gasteiger partial charge in [-0.3, -0.25) is 0 Å². The van der Waals surface area contributed by atoms with Gasteiger partial charge in [-0.25, -0.2) is 4.79 Å². The fourth-order valence-electron chi connectivity index (χ4n) is 4.86. The summed E-state index contributed by atoms with van der Waals surface area (Å²) in [6, 6.07) is 36.9. The molecule has 0 bridgehead atoms. The molecule has 0 radical (unpaired) electrons. The van der Waals surface area contributed by atoms with Crippen molar-refractivity contribution < 1.29 is 42.5 Å². The maximum Gasteiger partial charge on any atom is 0.491 e. The van der Waals surface area contributed by atoms with E-state index in [9.17, 15) is 14.3 Å². The molecule has 2 unspecified atom stereocenters. The average molecular weight is 617 g/mol. The highest BCUT2D eigenvalue weighted by atomic mass is 31.1. The molecule has 9 nitrogen and oxygen atoms in total. The van der Waals surface area contributed by atoms with Crippen molar-refractivity contribution in [1.29, 1.82) is 0 Å². The van der Waals surface area contributed by atoms with Crippen LogP contribution < -0.4 is 4.89 Å². The molecule has 44 heavy (non-hydrogen) atoms. The van der Waals surface area contributed by atoms with Crippen LogP contribution in [0.4, 0.5) is 0 Å². The van der Waals surface area contributed by atoms with Crippen LogP contribution in [-0.2, 0) is 52.6 Å². The quantitative estimate of drug-likeness (QED) is 0.137. The molecule has 0 amide bonds. The first kappa shape index (κ1) is 31.6. The van der Waals surface area contributed by atoms with Crippen molar-refractivity contribution in [2.75, 3.05) is 6.61 Å². The summed E-state index contributed by atoms with van der Waals surface area (Å²) in [5.41, 5.74) is 2.96. The van der Waals surface area contributed by atoms with Crippen LogP contribution in [-0.4, -0.2) is 43.3 Å². The van der Waals surface area contributed by atoms with Gasteiger partial charge in [0.1, 0.15) is 12.2 Å². The number of ether oxygens (including phenoxy) is 5. The van der Waals surface area contributed by atoms with Crippen LogP contribution in [0.25, 0.3) is 0 Å². The third-order valence-corrected chi connectivity index (χ3v) is 7.38. The van der Waals surface area contributed by atoms with Gasteiger partial charge in [0.15, 0.2) is 12.2 Å². The van der Waals surface area contributed by atoms with Crippen molar-refractivity contribution in [2.24, 2.45) is 0 Å². The van der Waals surface area contributed by atoms with Gasteiger partial charge in [0.05, 0.1) is 32.0 Å². The lowest BCUT2D eigenvalue weighted by Gasteiger charge is -2.43. The lowest BCUT2D eigenvalue weighted by molar-refractivity contribution is -0.310. The summed E-state index contributed by atoms with van der Waals surface area (Å²) in [5, 5.41) is 0. The molecular formula is C34H33O9P.